The Morgan fingerprint density at radius 1 is 1.08 bits per heavy atom. The standard InChI is InChI=1S/C18H16N4O2S/c1-11-20-17(22-7-6-19-10-22)16-13(9-25-18(16)21-11)12-4-5-14(23-2)15(8-12)24-3/h4-10H,1-3H3. The van der Waals surface area contributed by atoms with Crippen molar-refractivity contribution in [1.29, 1.82) is 0 Å². The molecule has 3 heterocycles. The first-order valence-corrected chi connectivity index (χ1v) is 8.56. The van der Waals surface area contributed by atoms with Crippen molar-refractivity contribution < 1.29 is 9.47 Å². The fourth-order valence-electron chi connectivity index (χ4n) is 2.81. The molecule has 0 bridgehead atoms. The van der Waals surface area contributed by atoms with Gasteiger partial charge in [-0.25, -0.2) is 15.0 Å². The van der Waals surface area contributed by atoms with Crippen molar-refractivity contribution in [2.24, 2.45) is 0 Å². The second-order valence-electron chi connectivity index (χ2n) is 5.46. The van der Waals surface area contributed by atoms with Crippen LogP contribution in [0.3, 0.4) is 0 Å². The molecule has 126 valence electrons. The van der Waals surface area contributed by atoms with Gasteiger partial charge in [-0.3, -0.25) is 4.57 Å². The topological polar surface area (TPSA) is 62.1 Å². The first-order chi connectivity index (χ1) is 12.2. The SMILES string of the molecule is COc1ccc(-c2csc3nc(C)nc(-n4ccnc4)c23)cc1OC. The van der Waals surface area contributed by atoms with Gasteiger partial charge in [-0.1, -0.05) is 6.07 Å². The Bertz CT molecular complexity index is 1040. The molecule has 0 aliphatic rings. The number of methoxy groups -OCH3 is 2. The van der Waals surface area contributed by atoms with Gasteiger partial charge in [-0.05, 0) is 24.6 Å². The molecule has 1 aromatic carbocycles. The highest BCUT2D eigenvalue weighted by atomic mass is 32.1. The summed E-state index contributed by atoms with van der Waals surface area (Å²) in [6.45, 7) is 1.90. The fourth-order valence-corrected chi connectivity index (χ4v) is 3.80. The second-order valence-corrected chi connectivity index (χ2v) is 6.32. The van der Waals surface area contributed by atoms with Gasteiger partial charge in [0, 0.05) is 23.3 Å². The molecule has 0 amide bonds. The van der Waals surface area contributed by atoms with Crippen LogP contribution in [0, 0.1) is 6.92 Å². The highest BCUT2D eigenvalue weighted by Crippen LogP contribution is 2.39. The number of ether oxygens (including phenoxy) is 2. The van der Waals surface area contributed by atoms with Crippen LogP contribution in [0.15, 0.2) is 42.3 Å². The zero-order chi connectivity index (χ0) is 17.4. The van der Waals surface area contributed by atoms with Crippen molar-refractivity contribution in [2.75, 3.05) is 14.2 Å². The zero-order valence-corrected chi connectivity index (χ0v) is 14.9. The highest BCUT2D eigenvalue weighted by molar-refractivity contribution is 7.17. The molecule has 0 saturated heterocycles. The van der Waals surface area contributed by atoms with Crippen LogP contribution in [0.4, 0.5) is 0 Å². The van der Waals surface area contributed by atoms with Crippen LogP contribution >= 0.6 is 11.3 Å². The fraction of sp³-hybridized carbons (Fsp3) is 0.167. The van der Waals surface area contributed by atoms with Gasteiger partial charge in [-0.15, -0.1) is 11.3 Å². The monoisotopic (exact) mass is 352 g/mol. The summed E-state index contributed by atoms with van der Waals surface area (Å²) in [7, 11) is 3.27. The number of benzene rings is 1. The molecule has 4 aromatic rings. The molecule has 7 heteroatoms. The lowest BCUT2D eigenvalue weighted by Crippen LogP contribution is -1.99. The normalized spacial score (nSPS) is 11.0. The smallest absolute Gasteiger partial charge is 0.161 e. The molecule has 3 aromatic heterocycles. The lowest BCUT2D eigenvalue weighted by molar-refractivity contribution is 0.355. The Labute approximate surface area is 148 Å². The van der Waals surface area contributed by atoms with Crippen LogP contribution in [-0.2, 0) is 0 Å². The summed E-state index contributed by atoms with van der Waals surface area (Å²) in [6, 6.07) is 5.89. The van der Waals surface area contributed by atoms with Crippen LogP contribution in [0.1, 0.15) is 5.82 Å². The minimum absolute atomic E-state index is 0.691. The molecular weight excluding hydrogens is 336 g/mol. The molecule has 6 nitrogen and oxygen atoms in total. The third-order valence-electron chi connectivity index (χ3n) is 3.97. The van der Waals surface area contributed by atoms with Crippen molar-refractivity contribution in [3.05, 3.63) is 48.1 Å². The Hall–Kier alpha value is -2.93. The quantitative estimate of drug-likeness (QED) is 0.558. The van der Waals surface area contributed by atoms with E-state index in [9.17, 15) is 0 Å². The van der Waals surface area contributed by atoms with Crippen molar-refractivity contribution in [3.8, 4) is 28.4 Å². The maximum Gasteiger partial charge on any atom is 0.161 e. The average Bonchev–Trinajstić information content (AvgIpc) is 3.30. The number of aromatic nitrogens is 4. The molecule has 0 aliphatic heterocycles. The molecule has 0 unspecified atom stereocenters. The average molecular weight is 352 g/mol. The van der Waals surface area contributed by atoms with Crippen LogP contribution in [0.5, 0.6) is 11.5 Å². The van der Waals surface area contributed by atoms with E-state index < -0.39 is 0 Å². The van der Waals surface area contributed by atoms with E-state index in [1.54, 1.807) is 38.1 Å². The van der Waals surface area contributed by atoms with Crippen molar-refractivity contribution in [3.63, 3.8) is 0 Å². The molecule has 0 N–H and O–H groups in total. The van der Waals surface area contributed by atoms with E-state index in [4.69, 9.17) is 9.47 Å². The maximum absolute atomic E-state index is 5.44. The van der Waals surface area contributed by atoms with E-state index in [1.807, 2.05) is 35.9 Å². The van der Waals surface area contributed by atoms with E-state index in [0.29, 0.717) is 11.5 Å². The van der Waals surface area contributed by atoms with E-state index in [-0.39, 0.29) is 0 Å². The number of hydrogen-bond donors (Lipinski definition) is 0. The van der Waals surface area contributed by atoms with Crippen molar-refractivity contribution in [1.82, 2.24) is 19.5 Å². The Balaban J connectivity index is 1.98. The van der Waals surface area contributed by atoms with Gasteiger partial charge >= 0.3 is 0 Å². The second kappa shape index (κ2) is 6.18. The molecule has 0 aliphatic carbocycles. The number of thiophene rings is 1. The molecule has 0 saturated carbocycles. The van der Waals surface area contributed by atoms with Gasteiger partial charge in [0.05, 0.1) is 19.6 Å². The van der Waals surface area contributed by atoms with Gasteiger partial charge in [0.15, 0.2) is 17.3 Å². The molecule has 25 heavy (non-hydrogen) atoms. The lowest BCUT2D eigenvalue weighted by atomic mass is 10.1. The summed E-state index contributed by atoms with van der Waals surface area (Å²) >= 11 is 1.60. The van der Waals surface area contributed by atoms with Gasteiger partial charge in [0.25, 0.3) is 0 Å². The van der Waals surface area contributed by atoms with Crippen LogP contribution in [-0.4, -0.2) is 33.7 Å². The summed E-state index contributed by atoms with van der Waals surface area (Å²) in [5.41, 5.74) is 2.09. The summed E-state index contributed by atoms with van der Waals surface area (Å²) in [6.07, 6.45) is 5.38. The number of imidazole rings is 1. The molecule has 4 rings (SSSR count). The maximum atomic E-state index is 5.44. The summed E-state index contributed by atoms with van der Waals surface area (Å²) in [5, 5.41) is 3.10. The third kappa shape index (κ3) is 2.62. The van der Waals surface area contributed by atoms with E-state index in [1.165, 1.54) is 0 Å². The first-order valence-electron chi connectivity index (χ1n) is 7.68. The third-order valence-corrected chi connectivity index (χ3v) is 4.84. The largest absolute Gasteiger partial charge is 0.493 e. The minimum Gasteiger partial charge on any atom is -0.493 e. The Morgan fingerprint density at radius 3 is 2.64 bits per heavy atom. The van der Waals surface area contributed by atoms with Gasteiger partial charge in [-0.2, -0.15) is 0 Å². The van der Waals surface area contributed by atoms with Gasteiger partial charge in [0.2, 0.25) is 0 Å². The van der Waals surface area contributed by atoms with E-state index >= 15 is 0 Å². The lowest BCUT2D eigenvalue weighted by Gasteiger charge is -2.10. The van der Waals surface area contributed by atoms with Crippen molar-refractivity contribution >= 4 is 21.6 Å². The summed E-state index contributed by atoms with van der Waals surface area (Å²) in [5.74, 6) is 2.95. The number of rotatable bonds is 4. The number of nitrogens with zero attached hydrogens (tertiary/aromatic N) is 4. The summed E-state index contributed by atoms with van der Waals surface area (Å²) in [4.78, 5) is 14.3. The van der Waals surface area contributed by atoms with Crippen LogP contribution in [0.2, 0.25) is 0 Å². The van der Waals surface area contributed by atoms with Gasteiger partial charge in [0.1, 0.15) is 17.0 Å². The molecular formula is C18H16N4O2S. The predicted octanol–water partition coefficient (Wildman–Crippen LogP) is 3.87. The number of fused-ring (bicyclic) bond motifs is 1. The highest BCUT2D eigenvalue weighted by Gasteiger charge is 2.17. The Kier molecular flexibility index (Phi) is 3.85. The molecule has 0 radical (unpaired) electrons. The molecule has 0 spiro atoms. The first kappa shape index (κ1) is 15.6. The predicted molar refractivity (Wildman–Crippen MR) is 97.8 cm³/mol. The van der Waals surface area contributed by atoms with E-state index in [0.717, 1.165) is 33.0 Å². The van der Waals surface area contributed by atoms with Crippen LogP contribution < -0.4 is 9.47 Å². The van der Waals surface area contributed by atoms with E-state index in [2.05, 4.69) is 20.3 Å². The Morgan fingerprint density at radius 2 is 1.92 bits per heavy atom. The number of hydrogen-bond acceptors (Lipinski definition) is 6. The summed E-state index contributed by atoms with van der Waals surface area (Å²) < 4.78 is 12.7. The zero-order valence-electron chi connectivity index (χ0n) is 14.1. The molecule has 0 atom stereocenters. The van der Waals surface area contributed by atoms with Crippen LogP contribution in [0.25, 0.3) is 27.2 Å². The van der Waals surface area contributed by atoms with Gasteiger partial charge < -0.3 is 9.47 Å². The molecule has 0 fully saturated rings. The number of aryl methyl sites for hydroxylation is 1. The van der Waals surface area contributed by atoms with Crippen molar-refractivity contribution in [2.45, 2.75) is 6.92 Å². The minimum atomic E-state index is 0.691.